The summed E-state index contributed by atoms with van der Waals surface area (Å²) >= 11 is 0. The van der Waals surface area contributed by atoms with Crippen molar-refractivity contribution in [3.8, 4) is 5.75 Å². The summed E-state index contributed by atoms with van der Waals surface area (Å²) in [6.07, 6.45) is 0. The Bertz CT molecular complexity index is 728. The van der Waals surface area contributed by atoms with Crippen LogP contribution in [0.5, 0.6) is 5.75 Å². The fourth-order valence-electron chi connectivity index (χ4n) is 2.49. The maximum absolute atomic E-state index is 12.2. The minimum Gasteiger partial charge on any atom is -0.497 e. The highest BCUT2D eigenvalue weighted by Gasteiger charge is 2.12. The SMILES string of the molecule is COC(=O)c1cccc(C[NH+](C)CC(=O)Nc2ccc(OC)cc2)c1. The highest BCUT2D eigenvalue weighted by atomic mass is 16.5. The van der Waals surface area contributed by atoms with E-state index in [-0.39, 0.29) is 11.9 Å². The summed E-state index contributed by atoms with van der Waals surface area (Å²) in [7, 11) is 4.88. The average molecular weight is 343 g/mol. The first-order valence-electron chi connectivity index (χ1n) is 7.94. The van der Waals surface area contributed by atoms with Gasteiger partial charge in [-0.25, -0.2) is 4.79 Å². The Balaban J connectivity index is 1.89. The number of carbonyl (C=O) groups excluding carboxylic acids is 2. The molecule has 2 aromatic rings. The molecule has 0 spiro atoms. The van der Waals surface area contributed by atoms with Gasteiger partial charge >= 0.3 is 5.97 Å². The fraction of sp³-hybridized carbons (Fsp3) is 0.263. The summed E-state index contributed by atoms with van der Waals surface area (Å²) in [6.45, 7) is 0.940. The van der Waals surface area contributed by atoms with Gasteiger partial charge in [-0.1, -0.05) is 12.1 Å². The van der Waals surface area contributed by atoms with E-state index in [1.54, 1.807) is 43.5 Å². The minimum absolute atomic E-state index is 0.0770. The lowest BCUT2D eigenvalue weighted by Gasteiger charge is -2.14. The third-order valence-electron chi connectivity index (χ3n) is 3.69. The molecule has 1 unspecified atom stereocenters. The molecule has 0 bridgehead atoms. The first-order valence-corrected chi connectivity index (χ1v) is 7.94. The number of amides is 1. The van der Waals surface area contributed by atoms with Gasteiger partial charge in [0.2, 0.25) is 0 Å². The number of quaternary nitrogens is 1. The van der Waals surface area contributed by atoms with Crippen LogP contribution in [0.2, 0.25) is 0 Å². The van der Waals surface area contributed by atoms with Gasteiger partial charge in [-0.05, 0) is 36.4 Å². The molecule has 0 heterocycles. The number of esters is 1. The molecule has 2 N–H and O–H groups in total. The number of benzene rings is 2. The number of carbonyl (C=O) groups is 2. The lowest BCUT2D eigenvalue weighted by atomic mass is 10.1. The molecule has 0 fully saturated rings. The number of hydrogen-bond donors (Lipinski definition) is 2. The van der Waals surface area contributed by atoms with Gasteiger partial charge in [0.1, 0.15) is 12.3 Å². The number of likely N-dealkylation sites (N-methyl/N-ethyl adjacent to an activating group) is 1. The number of methoxy groups -OCH3 is 2. The standard InChI is InChI=1S/C19H22N2O4/c1-21(12-14-5-4-6-15(11-14)19(23)25-3)13-18(22)20-16-7-9-17(24-2)10-8-16/h4-11H,12-13H2,1-3H3,(H,20,22)/p+1. The summed E-state index contributed by atoms with van der Waals surface area (Å²) in [5.74, 6) is 0.301. The fourth-order valence-corrected chi connectivity index (χ4v) is 2.49. The van der Waals surface area contributed by atoms with Crippen molar-refractivity contribution in [3.05, 3.63) is 59.7 Å². The predicted octanol–water partition coefficient (Wildman–Crippen LogP) is 1.14. The summed E-state index contributed by atoms with van der Waals surface area (Å²) in [4.78, 5) is 24.7. The summed E-state index contributed by atoms with van der Waals surface area (Å²) in [5.41, 5.74) is 2.21. The highest BCUT2D eigenvalue weighted by molar-refractivity contribution is 5.91. The molecule has 1 amide bonds. The Morgan fingerprint density at radius 1 is 1.08 bits per heavy atom. The van der Waals surface area contributed by atoms with Crippen LogP contribution in [0.4, 0.5) is 5.69 Å². The van der Waals surface area contributed by atoms with Gasteiger partial charge in [0.15, 0.2) is 6.54 Å². The maximum Gasteiger partial charge on any atom is 0.337 e. The Hall–Kier alpha value is -2.86. The van der Waals surface area contributed by atoms with Crippen LogP contribution in [0.15, 0.2) is 48.5 Å². The molecule has 132 valence electrons. The number of rotatable bonds is 7. The van der Waals surface area contributed by atoms with Crippen molar-refractivity contribution in [1.29, 1.82) is 0 Å². The number of hydrogen-bond acceptors (Lipinski definition) is 4. The molecule has 6 heteroatoms. The molecule has 6 nitrogen and oxygen atoms in total. The van der Waals surface area contributed by atoms with E-state index in [9.17, 15) is 9.59 Å². The van der Waals surface area contributed by atoms with Gasteiger partial charge in [-0.3, -0.25) is 4.79 Å². The van der Waals surface area contributed by atoms with Crippen LogP contribution in [-0.4, -0.2) is 39.7 Å². The van der Waals surface area contributed by atoms with Crippen LogP contribution >= 0.6 is 0 Å². The third-order valence-corrected chi connectivity index (χ3v) is 3.69. The third kappa shape index (κ3) is 5.61. The van der Waals surface area contributed by atoms with Crippen molar-refractivity contribution in [1.82, 2.24) is 0 Å². The summed E-state index contributed by atoms with van der Waals surface area (Å²) in [6, 6.07) is 14.4. The van der Waals surface area contributed by atoms with Crippen LogP contribution in [0.1, 0.15) is 15.9 Å². The molecule has 0 aromatic heterocycles. The molecule has 0 radical (unpaired) electrons. The van der Waals surface area contributed by atoms with Gasteiger partial charge in [-0.15, -0.1) is 0 Å². The van der Waals surface area contributed by atoms with Crippen LogP contribution < -0.4 is 15.0 Å². The van der Waals surface area contributed by atoms with E-state index in [1.807, 2.05) is 19.2 Å². The maximum atomic E-state index is 12.2. The van der Waals surface area contributed by atoms with E-state index in [0.717, 1.165) is 21.9 Å². The van der Waals surface area contributed by atoms with Gasteiger partial charge in [0.05, 0.1) is 26.8 Å². The molecule has 2 aromatic carbocycles. The van der Waals surface area contributed by atoms with E-state index in [2.05, 4.69) is 5.32 Å². The molecule has 1 atom stereocenters. The molecule has 25 heavy (non-hydrogen) atoms. The molecule has 2 rings (SSSR count). The van der Waals surface area contributed by atoms with Gasteiger partial charge < -0.3 is 19.7 Å². The smallest absolute Gasteiger partial charge is 0.337 e. The normalized spacial score (nSPS) is 11.5. The van der Waals surface area contributed by atoms with Crippen molar-refractivity contribution >= 4 is 17.6 Å². The first-order chi connectivity index (χ1) is 12.0. The molecule has 0 saturated carbocycles. The number of ether oxygens (including phenoxy) is 2. The predicted molar refractivity (Wildman–Crippen MR) is 94.9 cm³/mol. The lowest BCUT2D eigenvalue weighted by Crippen LogP contribution is -3.08. The van der Waals surface area contributed by atoms with Crippen molar-refractivity contribution in [3.63, 3.8) is 0 Å². The zero-order valence-corrected chi connectivity index (χ0v) is 14.7. The van der Waals surface area contributed by atoms with Crippen LogP contribution in [-0.2, 0) is 16.1 Å². The van der Waals surface area contributed by atoms with Crippen molar-refractivity contribution in [2.24, 2.45) is 0 Å². The molecule has 0 aliphatic rings. The van der Waals surface area contributed by atoms with E-state index in [4.69, 9.17) is 9.47 Å². The molecule has 0 aliphatic carbocycles. The summed E-state index contributed by atoms with van der Waals surface area (Å²) in [5, 5.41) is 2.86. The van der Waals surface area contributed by atoms with Crippen LogP contribution in [0.3, 0.4) is 0 Å². The van der Waals surface area contributed by atoms with Crippen molar-refractivity contribution < 1.29 is 24.0 Å². The number of anilines is 1. The molecular formula is C19H23N2O4+. The van der Waals surface area contributed by atoms with E-state index in [0.29, 0.717) is 18.7 Å². The zero-order valence-electron chi connectivity index (χ0n) is 14.7. The second-order valence-electron chi connectivity index (χ2n) is 5.78. The van der Waals surface area contributed by atoms with Gasteiger partial charge in [-0.2, -0.15) is 0 Å². The highest BCUT2D eigenvalue weighted by Crippen LogP contribution is 2.14. The quantitative estimate of drug-likeness (QED) is 0.740. The van der Waals surface area contributed by atoms with Gasteiger partial charge in [0.25, 0.3) is 5.91 Å². The topological polar surface area (TPSA) is 69.1 Å². The second-order valence-corrected chi connectivity index (χ2v) is 5.78. The van der Waals surface area contributed by atoms with Crippen molar-refractivity contribution in [2.45, 2.75) is 6.54 Å². The van der Waals surface area contributed by atoms with Gasteiger partial charge in [0, 0.05) is 11.3 Å². The summed E-state index contributed by atoms with van der Waals surface area (Å²) < 4.78 is 9.81. The lowest BCUT2D eigenvalue weighted by molar-refractivity contribution is -0.885. The average Bonchev–Trinajstić information content (AvgIpc) is 2.61. The zero-order chi connectivity index (χ0) is 18.2. The number of nitrogens with one attached hydrogen (secondary N) is 2. The van der Waals surface area contributed by atoms with E-state index in [1.165, 1.54) is 7.11 Å². The Labute approximate surface area is 147 Å². The van der Waals surface area contributed by atoms with Crippen LogP contribution in [0.25, 0.3) is 0 Å². The van der Waals surface area contributed by atoms with Crippen LogP contribution in [0, 0.1) is 0 Å². The monoisotopic (exact) mass is 343 g/mol. The molecule has 0 saturated heterocycles. The molecule has 0 aliphatic heterocycles. The largest absolute Gasteiger partial charge is 0.497 e. The Morgan fingerprint density at radius 3 is 2.44 bits per heavy atom. The van der Waals surface area contributed by atoms with E-state index >= 15 is 0 Å². The Kier molecular flexibility index (Phi) is 6.54. The minimum atomic E-state index is -0.364. The molecular weight excluding hydrogens is 320 g/mol. The van der Waals surface area contributed by atoms with E-state index < -0.39 is 0 Å². The first kappa shape index (κ1) is 18.5. The Morgan fingerprint density at radius 2 is 1.80 bits per heavy atom. The second kappa shape index (κ2) is 8.84. The van der Waals surface area contributed by atoms with Crippen molar-refractivity contribution in [2.75, 3.05) is 33.1 Å².